The minimum absolute atomic E-state index is 0.516. The van der Waals surface area contributed by atoms with Crippen LogP contribution < -0.4 is 0 Å². The molecule has 0 aliphatic heterocycles. The summed E-state index contributed by atoms with van der Waals surface area (Å²) in [6.07, 6.45) is 2.49. The van der Waals surface area contributed by atoms with Crippen molar-refractivity contribution in [1.29, 1.82) is 0 Å². The molecule has 17 heavy (non-hydrogen) atoms. The Labute approximate surface area is 104 Å². The summed E-state index contributed by atoms with van der Waals surface area (Å²) < 4.78 is 1.62. The molecule has 0 saturated carbocycles. The topological polar surface area (TPSA) is 34.9 Å². The summed E-state index contributed by atoms with van der Waals surface area (Å²) in [5.74, 6) is 0. The Morgan fingerprint density at radius 2 is 2.06 bits per heavy atom. The molecular weight excluding hydrogens is 236 g/mol. The lowest BCUT2D eigenvalue weighted by Gasteiger charge is -1.98. The maximum absolute atomic E-state index is 10.9. The molecule has 1 aromatic carbocycles. The van der Waals surface area contributed by atoms with E-state index < -0.39 is 0 Å². The number of aromatic nitrogens is 2. The number of carbonyl (C=O) groups is 1. The van der Waals surface area contributed by atoms with Crippen molar-refractivity contribution in [3.05, 3.63) is 53.7 Å². The van der Waals surface area contributed by atoms with Crippen molar-refractivity contribution in [3.63, 3.8) is 0 Å². The second kappa shape index (κ2) is 4.97. The van der Waals surface area contributed by atoms with E-state index in [2.05, 4.69) is 11.7 Å². The van der Waals surface area contributed by atoms with Crippen LogP contribution in [-0.2, 0) is 6.54 Å². The first-order chi connectivity index (χ1) is 8.24. The van der Waals surface area contributed by atoms with Crippen molar-refractivity contribution in [2.75, 3.05) is 0 Å². The smallest absolute Gasteiger partial charge is 0.168 e. The summed E-state index contributed by atoms with van der Waals surface area (Å²) in [5.41, 5.74) is 2.22. The average molecular weight is 247 g/mol. The molecule has 0 radical (unpaired) electrons. The summed E-state index contributed by atoms with van der Waals surface area (Å²) >= 11 is 5.82. The van der Waals surface area contributed by atoms with Gasteiger partial charge in [-0.25, -0.2) is 0 Å². The van der Waals surface area contributed by atoms with Crippen LogP contribution in [0.2, 0.25) is 5.02 Å². The maximum Gasteiger partial charge on any atom is 0.168 e. The Bertz CT molecular complexity index is 543. The van der Waals surface area contributed by atoms with Gasteiger partial charge in [0.05, 0.1) is 12.2 Å². The van der Waals surface area contributed by atoms with Crippen molar-refractivity contribution in [3.8, 4) is 11.3 Å². The summed E-state index contributed by atoms with van der Waals surface area (Å²) in [4.78, 5) is 10.9. The third-order valence-electron chi connectivity index (χ3n) is 2.37. The number of halogens is 1. The largest absolute Gasteiger partial charge is 0.296 e. The van der Waals surface area contributed by atoms with E-state index in [0.717, 1.165) is 17.5 Å². The van der Waals surface area contributed by atoms with E-state index in [0.29, 0.717) is 17.3 Å². The van der Waals surface area contributed by atoms with Crippen LogP contribution in [0.15, 0.2) is 43.0 Å². The molecule has 0 atom stereocenters. The highest BCUT2D eigenvalue weighted by Gasteiger charge is 2.07. The summed E-state index contributed by atoms with van der Waals surface area (Å²) in [5, 5.41) is 5.02. The first-order valence-corrected chi connectivity index (χ1v) is 5.52. The van der Waals surface area contributed by atoms with Crippen molar-refractivity contribution in [1.82, 2.24) is 9.78 Å². The molecule has 0 spiro atoms. The van der Waals surface area contributed by atoms with Crippen LogP contribution in [0, 0.1) is 0 Å². The molecule has 0 saturated heterocycles. The van der Waals surface area contributed by atoms with E-state index in [4.69, 9.17) is 11.6 Å². The SMILES string of the molecule is C=CCn1nc(-c2ccc(Cl)cc2)cc1C=O. The number of aldehydes is 1. The normalized spacial score (nSPS) is 10.2. The molecule has 0 bridgehead atoms. The molecule has 0 aliphatic rings. The minimum atomic E-state index is 0.516. The molecule has 4 heteroatoms. The lowest BCUT2D eigenvalue weighted by atomic mass is 10.1. The number of hydrogen-bond donors (Lipinski definition) is 0. The monoisotopic (exact) mass is 246 g/mol. The molecule has 2 rings (SSSR count). The van der Waals surface area contributed by atoms with E-state index in [1.165, 1.54) is 0 Å². The van der Waals surface area contributed by atoms with Gasteiger partial charge in [0, 0.05) is 10.6 Å². The number of hydrogen-bond acceptors (Lipinski definition) is 2. The van der Waals surface area contributed by atoms with Gasteiger partial charge >= 0.3 is 0 Å². The highest BCUT2D eigenvalue weighted by Crippen LogP contribution is 2.20. The second-order valence-electron chi connectivity index (χ2n) is 3.55. The van der Waals surface area contributed by atoms with Crippen molar-refractivity contribution in [2.24, 2.45) is 0 Å². The quantitative estimate of drug-likeness (QED) is 0.613. The van der Waals surface area contributed by atoms with Crippen LogP contribution >= 0.6 is 11.6 Å². The number of nitrogens with zero attached hydrogens (tertiary/aromatic N) is 2. The van der Waals surface area contributed by atoms with E-state index in [1.54, 1.807) is 29.0 Å². The molecule has 1 aromatic heterocycles. The molecule has 0 fully saturated rings. The van der Waals surface area contributed by atoms with Gasteiger partial charge in [0.25, 0.3) is 0 Å². The van der Waals surface area contributed by atoms with Crippen molar-refractivity contribution >= 4 is 17.9 Å². The highest BCUT2D eigenvalue weighted by molar-refractivity contribution is 6.30. The number of rotatable bonds is 4. The number of benzene rings is 1. The molecule has 2 aromatic rings. The van der Waals surface area contributed by atoms with Gasteiger partial charge in [0.2, 0.25) is 0 Å². The molecule has 3 nitrogen and oxygen atoms in total. The fourth-order valence-corrected chi connectivity index (χ4v) is 1.68. The van der Waals surface area contributed by atoms with E-state index in [9.17, 15) is 4.79 Å². The van der Waals surface area contributed by atoms with Crippen LogP contribution in [0.3, 0.4) is 0 Å². The predicted molar refractivity (Wildman–Crippen MR) is 68.3 cm³/mol. The van der Waals surface area contributed by atoms with E-state index >= 15 is 0 Å². The molecule has 1 heterocycles. The molecule has 0 unspecified atom stereocenters. The third-order valence-corrected chi connectivity index (χ3v) is 2.63. The van der Waals surface area contributed by atoms with Crippen molar-refractivity contribution in [2.45, 2.75) is 6.54 Å². The standard InChI is InChI=1S/C13H11ClN2O/c1-2-7-16-12(9-17)8-13(15-16)10-3-5-11(14)6-4-10/h2-6,8-9H,1,7H2. The first kappa shape index (κ1) is 11.6. The van der Waals surface area contributed by atoms with Gasteiger partial charge in [-0.3, -0.25) is 9.48 Å². The highest BCUT2D eigenvalue weighted by atomic mass is 35.5. The third kappa shape index (κ3) is 2.45. The molecule has 0 amide bonds. The lowest BCUT2D eigenvalue weighted by molar-refractivity contribution is 0.111. The zero-order valence-electron chi connectivity index (χ0n) is 9.14. The van der Waals surface area contributed by atoms with E-state index in [1.807, 2.05) is 12.1 Å². The van der Waals surface area contributed by atoms with Crippen LogP contribution in [-0.4, -0.2) is 16.1 Å². The van der Waals surface area contributed by atoms with Gasteiger partial charge in [-0.2, -0.15) is 5.10 Å². The van der Waals surface area contributed by atoms with E-state index in [-0.39, 0.29) is 0 Å². The Balaban J connectivity index is 2.42. The summed E-state index contributed by atoms with van der Waals surface area (Å²) in [6, 6.07) is 9.09. The van der Waals surface area contributed by atoms with Gasteiger partial charge in [0.1, 0.15) is 5.69 Å². The predicted octanol–water partition coefficient (Wildman–Crippen LogP) is 3.20. The Hall–Kier alpha value is -1.87. The van der Waals surface area contributed by atoms with Crippen LogP contribution in [0.1, 0.15) is 10.5 Å². The molecule has 86 valence electrons. The molecule has 0 aliphatic carbocycles. The van der Waals surface area contributed by atoms with Gasteiger partial charge in [-0.15, -0.1) is 6.58 Å². The summed E-state index contributed by atoms with van der Waals surface area (Å²) in [7, 11) is 0. The van der Waals surface area contributed by atoms with Gasteiger partial charge in [-0.1, -0.05) is 29.8 Å². The Morgan fingerprint density at radius 3 is 2.65 bits per heavy atom. The summed E-state index contributed by atoms with van der Waals surface area (Å²) in [6.45, 7) is 4.15. The minimum Gasteiger partial charge on any atom is -0.296 e. The lowest BCUT2D eigenvalue weighted by Crippen LogP contribution is -2.01. The molecule has 0 N–H and O–H groups in total. The fraction of sp³-hybridized carbons (Fsp3) is 0.0769. The first-order valence-electron chi connectivity index (χ1n) is 5.14. The second-order valence-corrected chi connectivity index (χ2v) is 3.99. The Morgan fingerprint density at radius 1 is 1.35 bits per heavy atom. The average Bonchev–Trinajstić information content (AvgIpc) is 2.74. The van der Waals surface area contributed by atoms with Gasteiger partial charge in [0.15, 0.2) is 6.29 Å². The van der Waals surface area contributed by atoms with Gasteiger partial charge in [-0.05, 0) is 18.2 Å². The van der Waals surface area contributed by atoms with Crippen LogP contribution in [0.4, 0.5) is 0 Å². The Kier molecular flexibility index (Phi) is 3.40. The zero-order valence-corrected chi connectivity index (χ0v) is 9.89. The van der Waals surface area contributed by atoms with Crippen LogP contribution in [0.5, 0.6) is 0 Å². The maximum atomic E-state index is 10.9. The zero-order chi connectivity index (χ0) is 12.3. The number of carbonyl (C=O) groups excluding carboxylic acids is 1. The van der Waals surface area contributed by atoms with Crippen LogP contribution in [0.25, 0.3) is 11.3 Å². The number of allylic oxidation sites excluding steroid dienone is 1. The van der Waals surface area contributed by atoms with Crippen molar-refractivity contribution < 1.29 is 4.79 Å². The van der Waals surface area contributed by atoms with Gasteiger partial charge < -0.3 is 0 Å². The molecular formula is C13H11ClN2O. The fourth-order valence-electron chi connectivity index (χ4n) is 1.56.